The van der Waals surface area contributed by atoms with Gasteiger partial charge in [-0.05, 0) is 36.6 Å². The third-order valence-electron chi connectivity index (χ3n) is 3.47. The predicted octanol–water partition coefficient (Wildman–Crippen LogP) is 5.01. The fourth-order valence-electron chi connectivity index (χ4n) is 2.26. The van der Waals surface area contributed by atoms with Crippen molar-refractivity contribution < 1.29 is 13.9 Å². The summed E-state index contributed by atoms with van der Waals surface area (Å²) in [6.45, 7) is 2.01. The van der Waals surface area contributed by atoms with Gasteiger partial charge in [0, 0.05) is 5.56 Å². The zero-order chi connectivity index (χ0) is 16.2. The van der Waals surface area contributed by atoms with E-state index in [2.05, 4.69) is 0 Å². The Bertz CT molecular complexity index is 825. The molecule has 23 heavy (non-hydrogen) atoms. The van der Waals surface area contributed by atoms with Crippen LogP contribution in [0.3, 0.4) is 0 Å². The van der Waals surface area contributed by atoms with Gasteiger partial charge in [0.05, 0.1) is 10.4 Å². The lowest BCUT2D eigenvalue weighted by Gasteiger charge is -2.12. The van der Waals surface area contributed by atoms with Gasteiger partial charge in [-0.3, -0.25) is 4.79 Å². The maximum atomic E-state index is 13.7. The highest BCUT2D eigenvalue weighted by molar-refractivity contribution is 7.12. The molecule has 0 fully saturated rings. The number of hydrogen-bond donors (Lipinski definition) is 0. The third-order valence-corrected chi connectivity index (χ3v) is 4.33. The molecule has 1 aromatic heterocycles. The van der Waals surface area contributed by atoms with Crippen molar-refractivity contribution in [1.29, 1.82) is 0 Å². The van der Waals surface area contributed by atoms with Crippen molar-refractivity contribution in [2.45, 2.75) is 13.5 Å². The van der Waals surface area contributed by atoms with Gasteiger partial charge < -0.3 is 4.74 Å². The molecule has 0 atom stereocenters. The Balaban J connectivity index is 1.88. The maximum absolute atomic E-state index is 13.7. The number of carbonyl (C=O) groups excluding carboxylic acids is 1. The molecule has 0 spiro atoms. The lowest BCUT2D eigenvalue weighted by molar-refractivity contribution is 0.103. The molecular weight excluding hydrogens is 311 g/mol. The van der Waals surface area contributed by atoms with E-state index in [0.717, 1.165) is 5.56 Å². The van der Waals surface area contributed by atoms with E-state index in [1.807, 2.05) is 24.4 Å². The summed E-state index contributed by atoms with van der Waals surface area (Å²) >= 11 is 1.39. The van der Waals surface area contributed by atoms with Gasteiger partial charge >= 0.3 is 0 Å². The van der Waals surface area contributed by atoms with Crippen molar-refractivity contribution in [2.24, 2.45) is 0 Å². The van der Waals surface area contributed by atoms with Gasteiger partial charge in [0.2, 0.25) is 5.78 Å². The van der Waals surface area contributed by atoms with E-state index in [0.29, 0.717) is 21.8 Å². The van der Waals surface area contributed by atoms with Crippen LogP contribution in [0.2, 0.25) is 0 Å². The van der Waals surface area contributed by atoms with E-state index in [1.54, 1.807) is 36.4 Å². The van der Waals surface area contributed by atoms with Crippen LogP contribution in [-0.4, -0.2) is 5.78 Å². The molecule has 3 aromatic rings. The van der Waals surface area contributed by atoms with Crippen molar-refractivity contribution in [3.05, 3.63) is 87.4 Å². The van der Waals surface area contributed by atoms with Crippen LogP contribution >= 0.6 is 11.3 Å². The highest BCUT2D eigenvalue weighted by atomic mass is 32.1. The molecule has 3 rings (SSSR count). The molecule has 0 saturated carbocycles. The molecule has 0 N–H and O–H groups in total. The smallest absolute Gasteiger partial charge is 0.206 e. The van der Waals surface area contributed by atoms with Crippen LogP contribution in [0, 0.1) is 12.7 Å². The Kier molecular flexibility index (Phi) is 4.53. The fourth-order valence-corrected chi connectivity index (χ4v) is 2.94. The standard InChI is InChI=1S/C19H15FO2S/c1-13-8-9-17(22-12-14-5-2-3-6-16(14)20)15(11-13)19(21)18-7-4-10-23-18/h2-11H,12H2,1H3. The molecule has 0 bridgehead atoms. The SMILES string of the molecule is Cc1ccc(OCc2ccccc2F)c(C(=O)c2cccs2)c1. The summed E-state index contributed by atoms with van der Waals surface area (Å²) in [4.78, 5) is 13.3. The largest absolute Gasteiger partial charge is 0.488 e. The van der Waals surface area contributed by atoms with Crippen molar-refractivity contribution in [1.82, 2.24) is 0 Å². The normalized spacial score (nSPS) is 10.5. The van der Waals surface area contributed by atoms with Gasteiger partial charge in [0.25, 0.3) is 0 Å². The third kappa shape index (κ3) is 3.48. The molecule has 2 nitrogen and oxygen atoms in total. The average Bonchev–Trinajstić information content (AvgIpc) is 3.09. The number of rotatable bonds is 5. The van der Waals surface area contributed by atoms with Crippen LogP contribution in [0.5, 0.6) is 5.75 Å². The summed E-state index contributed by atoms with van der Waals surface area (Å²) in [6.07, 6.45) is 0. The first kappa shape index (κ1) is 15.4. The Labute approximate surface area is 138 Å². The molecule has 4 heteroatoms. The Morgan fingerprint density at radius 3 is 2.70 bits per heavy atom. The van der Waals surface area contributed by atoms with Gasteiger partial charge in [0.1, 0.15) is 18.2 Å². The number of carbonyl (C=O) groups is 1. The minimum absolute atomic E-state index is 0.0766. The summed E-state index contributed by atoms with van der Waals surface area (Å²) in [6, 6.07) is 15.5. The minimum Gasteiger partial charge on any atom is -0.488 e. The Hall–Kier alpha value is -2.46. The quantitative estimate of drug-likeness (QED) is 0.616. The van der Waals surface area contributed by atoms with Crippen LogP contribution in [0.15, 0.2) is 60.0 Å². The fraction of sp³-hybridized carbons (Fsp3) is 0.105. The van der Waals surface area contributed by atoms with E-state index in [-0.39, 0.29) is 18.2 Å². The summed E-state index contributed by atoms with van der Waals surface area (Å²) in [5.41, 5.74) is 1.94. The number of halogens is 1. The van der Waals surface area contributed by atoms with Gasteiger partial charge in [0.15, 0.2) is 0 Å². The van der Waals surface area contributed by atoms with E-state index < -0.39 is 0 Å². The van der Waals surface area contributed by atoms with Crippen molar-refractivity contribution >= 4 is 17.1 Å². The molecule has 0 saturated heterocycles. The van der Waals surface area contributed by atoms with Gasteiger partial charge in [-0.15, -0.1) is 11.3 Å². The first-order chi connectivity index (χ1) is 11.1. The van der Waals surface area contributed by atoms with E-state index in [4.69, 9.17) is 4.74 Å². The van der Waals surface area contributed by atoms with Crippen LogP contribution in [-0.2, 0) is 6.61 Å². The van der Waals surface area contributed by atoms with Crippen molar-refractivity contribution in [2.75, 3.05) is 0 Å². The summed E-state index contributed by atoms with van der Waals surface area (Å²) in [7, 11) is 0. The molecule has 1 heterocycles. The maximum Gasteiger partial charge on any atom is 0.206 e. The molecule has 0 aliphatic rings. The Morgan fingerprint density at radius 1 is 1.13 bits per heavy atom. The summed E-state index contributed by atoms with van der Waals surface area (Å²) in [5.74, 6) is 0.0789. The first-order valence-corrected chi connectivity index (χ1v) is 8.08. The minimum atomic E-state index is -0.314. The topological polar surface area (TPSA) is 26.3 Å². The van der Waals surface area contributed by atoms with Crippen LogP contribution in [0.4, 0.5) is 4.39 Å². The van der Waals surface area contributed by atoms with Crippen LogP contribution in [0.1, 0.15) is 26.4 Å². The average molecular weight is 326 g/mol. The number of thiophene rings is 1. The first-order valence-electron chi connectivity index (χ1n) is 7.20. The summed E-state index contributed by atoms with van der Waals surface area (Å²) < 4.78 is 19.4. The number of ether oxygens (including phenoxy) is 1. The van der Waals surface area contributed by atoms with Gasteiger partial charge in [-0.25, -0.2) is 4.39 Å². The van der Waals surface area contributed by atoms with Gasteiger partial charge in [-0.2, -0.15) is 0 Å². The molecular formula is C19H15FO2S. The Morgan fingerprint density at radius 2 is 1.96 bits per heavy atom. The number of aryl methyl sites for hydroxylation is 1. The molecule has 0 radical (unpaired) electrons. The number of hydrogen-bond acceptors (Lipinski definition) is 3. The van der Waals surface area contributed by atoms with Crippen molar-refractivity contribution in [3.63, 3.8) is 0 Å². The van der Waals surface area contributed by atoms with E-state index >= 15 is 0 Å². The molecule has 2 aromatic carbocycles. The zero-order valence-electron chi connectivity index (χ0n) is 12.6. The highest BCUT2D eigenvalue weighted by Crippen LogP contribution is 2.26. The second-order valence-electron chi connectivity index (χ2n) is 5.19. The summed E-state index contributed by atoms with van der Waals surface area (Å²) in [5, 5.41) is 1.86. The van der Waals surface area contributed by atoms with Crippen LogP contribution in [0.25, 0.3) is 0 Å². The molecule has 0 unspecified atom stereocenters. The zero-order valence-corrected chi connectivity index (χ0v) is 13.4. The van der Waals surface area contributed by atoms with Crippen LogP contribution < -0.4 is 4.74 Å². The van der Waals surface area contributed by atoms with Gasteiger partial charge in [-0.1, -0.05) is 35.9 Å². The second-order valence-corrected chi connectivity index (χ2v) is 6.13. The second kappa shape index (κ2) is 6.75. The molecule has 0 aliphatic heterocycles. The van der Waals surface area contributed by atoms with E-state index in [1.165, 1.54) is 17.4 Å². The molecule has 0 aliphatic carbocycles. The number of ketones is 1. The molecule has 116 valence electrons. The van der Waals surface area contributed by atoms with E-state index in [9.17, 15) is 9.18 Å². The molecule has 0 amide bonds. The van der Waals surface area contributed by atoms with Crippen molar-refractivity contribution in [3.8, 4) is 5.75 Å². The predicted molar refractivity (Wildman–Crippen MR) is 89.7 cm³/mol. The lowest BCUT2D eigenvalue weighted by atomic mass is 10.1. The number of benzene rings is 2. The lowest BCUT2D eigenvalue weighted by Crippen LogP contribution is -2.05. The highest BCUT2D eigenvalue weighted by Gasteiger charge is 2.16. The monoisotopic (exact) mass is 326 g/mol.